The highest BCUT2D eigenvalue weighted by Crippen LogP contribution is 2.27. The molecule has 0 bridgehead atoms. The van der Waals surface area contributed by atoms with Gasteiger partial charge in [-0.2, -0.15) is 4.39 Å². The lowest BCUT2D eigenvalue weighted by Crippen LogP contribution is -2.53. The molecule has 17 heteroatoms. The van der Waals surface area contributed by atoms with Crippen LogP contribution in [-0.2, 0) is 22.7 Å². The summed E-state index contributed by atoms with van der Waals surface area (Å²) in [5.41, 5.74) is 1.08. The summed E-state index contributed by atoms with van der Waals surface area (Å²) >= 11 is 6.20. The third kappa shape index (κ3) is 9.95. The lowest BCUT2D eigenvalue weighted by molar-refractivity contribution is -0.128. The Kier molecular flexibility index (Phi) is 12.9. The van der Waals surface area contributed by atoms with Gasteiger partial charge in [0.25, 0.3) is 17.4 Å². The topological polar surface area (TPSA) is 207 Å². The molecule has 4 amide bonds. The van der Waals surface area contributed by atoms with Crippen LogP contribution in [0.1, 0.15) is 64.1 Å². The van der Waals surface area contributed by atoms with Crippen molar-refractivity contribution >= 4 is 46.6 Å². The number of aromatic nitrogens is 3. The standard InChI is InChI=1S/C39H39ClFN7O8/c1-20(2)33(37(52)43-22(4)34(49)44-27-12-9-24(10-13-27)18-48-38(53)31(41)17-42-39(48)54)46-35(50)25-7-6-8-28(15-25)45-36(51)29-14-11-26(40)16-32(29)55-19-30-21(3)47-56-23(30)5/h6-17,20,22,33H,18-19H2,1-5H3,(H,42,54)(H,43,52)(H,44,49)(H,45,51)(H,46,50)/t22-,33-/m0/s1. The molecule has 0 saturated carbocycles. The van der Waals surface area contributed by atoms with Crippen molar-refractivity contribution in [1.29, 1.82) is 0 Å². The SMILES string of the molecule is Cc1noc(C)c1COc1cc(Cl)ccc1C(=O)Nc1cccc(C(=O)N[C@H](C(=O)N[C@@H](C)C(=O)Nc2ccc(Cn3c(=O)[nH]cc(F)c3=O)cc2)C(C)C)c1. The minimum atomic E-state index is -1.10. The number of halogens is 2. The Labute approximate surface area is 324 Å². The zero-order chi connectivity index (χ0) is 40.7. The van der Waals surface area contributed by atoms with Crippen LogP contribution in [-0.4, -0.2) is 50.4 Å². The van der Waals surface area contributed by atoms with Gasteiger partial charge in [0, 0.05) is 28.2 Å². The highest BCUT2D eigenvalue weighted by Gasteiger charge is 2.28. The van der Waals surface area contributed by atoms with Gasteiger partial charge in [-0.25, -0.2) is 4.79 Å². The number of carbonyl (C=O) groups excluding carboxylic acids is 4. The van der Waals surface area contributed by atoms with Gasteiger partial charge in [0.05, 0.1) is 23.4 Å². The molecule has 3 aromatic carbocycles. The minimum Gasteiger partial charge on any atom is -0.488 e. The van der Waals surface area contributed by atoms with Gasteiger partial charge in [0.2, 0.25) is 17.6 Å². The Morgan fingerprint density at radius 3 is 2.32 bits per heavy atom. The van der Waals surface area contributed by atoms with Crippen molar-refractivity contribution in [2.24, 2.45) is 5.92 Å². The third-order valence-corrected chi connectivity index (χ3v) is 8.93. The van der Waals surface area contributed by atoms with Crippen molar-refractivity contribution in [3.63, 3.8) is 0 Å². The van der Waals surface area contributed by atoms with Crippen molar-refractivity contribution < 1.29 is 32.8 Å². The Morgan fingerprint density at radius 1 is 0.911 bits per heavy atom. The summed E-state index contributed by atoms with van der Waals surface area (Å²) in [5.74, 6) is -2.93. The van der Waals surface area contributed by atoms with E-state index in [-0.39, 0.29) is 35.9 Å². The van der Waals surface area contributed by atoms with Crippen molar-refractivity contribution in [3.05, 3.63) is 138 Å². The fraction of sp³-hybridized carbons (Fsp3) is 0.256. The molecule has 0 unspecified atom stereocenters. The van der Waals surface area contributed by atoms with Gasteiger partial charge in [-0.1, -0.05) is 48.8 Å². The number of aromatic amines is 1. The molecule has 2 atom stereocenters. The van der Waals surface area contributed by atoms with Crippen LogP contribution in [0, 0.1) is 25.6 Å². The van der Waals surface area contributed by atoms with Crippen LogP contribution in [0.15, 0.2) is 87.0 Å². The van der Waals surface area contributed by atoms with Gasteiger partial charge in [0.15, 0.2) is 0 Å². The first-order valence-electron chi connectivity index (χ1n) is 17.4. The summed E-state index contributed by atoms with van der Waals surface area (Å²) in [6.45, 7) is 8.37. The van der Waals surface area contributed by atoms with E-state index in [1.165, 1.54) is 43.3 Å². The molecule has 5 rings (SSSR count). The fourth-order valence-corrected chi connectivity index (χ4v) is 5.64. The molecule has 0 saturated heterocycles. The molecule has 0 aliphatic heterocycles. The smallest absolute Gasteiger partial charge is 0.328 e. The minimum absolute atomic E-state index is 0.0929. The maximum absolute atomic E-state index is 13.6. The molecule has 292 valence electrons. The van der Waals surface area contributed by atoms with E-state index in [0.29, 0.717) is 44.2 Å². The van der Waals surface area contributed by atoms with Crippen molar-refractivity contribution in [3.8, 4) is 5.75 Å². The number of aryl methyl sites for hydroxylation is 2. The van der Waals surface area contributed by atoms with Crippen LogP contribution in [0.25, 0.3) is 0 Å². The summed E-state index contributed by atoms with van der Waals surface area (Å²) in [6.07, 6.45) is 0.695. The van der Waals surface area contributed by atoms with Crippen molar-refractivity contribution in [2.75, 3.05) is 10.6 Å². The number of nitrogens with zero attached hydrogens (tertiary/aromatic N) is 2. The number of rotatable bonds is 14. The van der Waals surface area contributed by atoms with Crippen molar-refractivity contribution in [2.45, 2.75) is 59.9 Å². The molecule has 0 fully saturated rings. The average Bonchev–Trinajstić information content (AvgIpc) is 3.49. The second-order valence-corrected chi connectivity index (χ2v) is 13.6. The predicted octanol–water partition coefficient (Wildman–Crippen LogP) is 4.71. The first-order chi connectivity index (χ1) is 26.6. The first kappa shape index (κ1) is 40.6. The first-order valence-corrected chi connectivity index (χ1v) is 17.7. The zero-order valence-electron chi connectivity index (χ0n) is 31.0. The number of anilines is 2. The summed E-state index contributed by atoms with van der Waals surface area (Å²) in [6, 6.07) is 14.8. The number of hydrogen-bond acceptors (Lipinski definition) is 9. The Morgan fingerprint density at radius 2 is 1.64 bits per heavy atom. The molecule has 0 aliphatic rings. The molecule has 0 aliphatic carbocycles. The molecule has 0 radical (unpaired) electrons. The molecule has 15 nitrogen and oxygen atoms in total. The van der Waals surface area contributed by atoms with Crippen LogP contribution in [0.5, 0.6) is 5.75 Å². The third-order valence-electron chi connectivity index (χ3n) is 8.69. The van der Waals surface area contributed by atoms with Crippen LogP contribution >= 0.6 is 11.6 Å². The summed E-state index contributed by atoms with van der Waals surface area (Å²) < 4.78 is 25.5. The second-order valence-electron chi connectivity index (χ2n) is 13.2. The molecular weight excluding hydrogens is 749 g/mol. The van der Waals surface area contributed by atoms with E-state index in [9.17, 15) is 33.2 Å². The largest absolute Gasteiger partial charge is 0.488 e. The molecular formula is C39H39ClFN7O8. The summed E-state index contributed by atoms with van der Waals surface area (Å²) in [7, 11) is 0. The van der Waals surface area contributed by atoms with E-state index >= 15 is 0 Å². The average molecular weight is 788 g/mol. The number of hydrogen-bond donors (Lipinski definition) is 5. The van der Waals surface area contributed by atoms with Gasteiger partial charge < -0.3 is 35.5 Å². The van der Waals surface area contributed by atoms with E-state index in [1.807, 2.05) is 0 Å². The molecule has 0 spiro atoms. The van der Waals surface area contributed by atoms with E-state index in [0.717, 1.165) is 5.56 Å². The summed E-state index contributed by atoms with van der Waals surface area (Å²) in [4.78, 5) is 79.2. The van der Waals surface area contributed by atoms with Gasteiger partial charge >= 0.3 is 5.69 Å². The number of amides is 4. The van der Waals surface area contributed by atoms with Crippen LogP contribution in [0.3, 0.4) is 0 Å². The molecule has 5 aromatic rings. The van der Waals surface area contributed by atoms with Crippen LogP contribution in [0.4, 0.5) is 15.8 Å². The highest BCUT2D eigenvalue weighted by molar-refractivity contribution is 6.31. The molecule has 2 heterocycles. The maximum Gasteiger partial charge on any atom is 0.328 e. The fourth-order valence-electron chi connectivity index (χ4n) is 5.48. The zero-order valence-corrected chi connectivity index (χ0v) is 31.7. The lowest BCUT2D eigenvalue weighted by Gasteiger charge is -2.24. The Balaban J connectivity index is 1.18. The number of H-pyrrole nitrogens is 1. The van der Waals surface area contributed by atoms with Gasteiger partial charge in [0.1, 0.15) is 30.2 Å². The number of carbonyl (C=O) groups is 4. The van der Waals surface area contributed by atoms with E-state index < -0.39 is 52.8 Å². The van der Waals surface area contributed by atoms with Gasteiger partial charge in [-0.05, 0) is 80.8 Å². The van der Waals surface area contributed by atoms with Crippen LogP contribution in [0.2, 0.25) is 5.02 Å². The van der Waals surface area contributed by atoms with Crippen molar-refractivity contribution in [1.82, 2.24) is 25.3 Å². The van der Waals surface area contributed by atoms with Crippen LogP contribution < -0.4 is 37.3 Å². The Bertz CT molecular complexity index is 2370. The molecule has 56 heavy (non-hydrogen) atoms. The van der Waals surface area contributed by atoms with Gasteiger partial charge in [-0.3, -0.25) is 28.5 Å². The van der Waals surface area contributed by atoms with E-state index in [1.54, 1.807) is 58.0 Å². The molecule has 2 aromatic heterocycles. The lowest BCUT2D eigenvalue weighted by atomic mass is 10.0. The predicted molar refractivity (Wildman–Crippen MR) is 205 cm³/mol. The quantitative estimate of drug-likeness (QED) is 0.106. The maximum atomic E-state index is 13.6. The number of ether oxygens (including phenoxy) is 1. The normalized spacial score (nSPS) is 12.1. The number of benzene rings is 3. The molecule has 5 N–H and O–H groups in total. The second kappa shape index (κ2) is 17.7. The Hall–Kier alpha value is -6.55. The number of nitrogens with one attached hydrogen (secondary N) is 5. The van der Waals surface area contributed by atoms with Gasteiger partial charge in [-0.15, -0.1) is 0 Å². The monoisotopic (exact) mass is 787 g/mol. The van der Waals surface area contributed by atoms with E-state index in [4.69, 9.17) is 20.9 Å². The highest BCUT2D eigenvalue weighted by atomic mass is 35.5. The summed E-state index contributed by atoms with van der Waals surface area (Å²) in [5, 5.41) is 15.1. The van der Waals surface area contributed by atoms with E-state index in [2.05, 4.69) is 31.4 Å².